The van der Waals surface area contributed by atoms with Gasteiger partial charge in [0, 0.05) is 12.2 Å². The fourth-order valence-electron chi connectivity index (χ4n) is 3.16. The summed E-state index contributed by atoms with van der Waals surface area (Å²) in [6.45, 7) is 1.17. The molecule has 1 N–H and O–H groups in total. The third-order valence-corrected chi connectivity index (χ3v) is 4.04. The predicted octanol–water partition coefficient (Wildman–Crippen LogP) is 2.81. The molecule has 0 unspecified atom stereocenters. The van der Waals surface area contributed by atoms with E-state index in [1.54, 1.807) is 0 Å². The minimum absolute atomic E-state index is 0.553. The van der Waals surface area contributed by atoms with E-state index in [9.17, 15) is 0 Å². The zero-order valence-corrected chi connectivity index (χ0v) is 9.86. The van der Waals surface area contributed by atoms with Crippen LogP contribution in [0.15, 0.2) is 12.3 Å². The first kappa shape index (κ1) is 10.3. The monoisotopic (exact) mass is 219 g/mol. The van der Waals surface area contributed by atoms with E-state index in [1.807, 2.05) is 6.20 Å². The Hall–Kier alpha value is -0.830. The van der Waals surface area contributed by atoms with Crippen molar-refractivity contribution in [2.24, 2.45) is 0 Å². The lowest BCUT2D eigenvalue weighted by atomic mass is 10.0. The van der Waals surface area contributed by atoms with E-state index < -0.39 is 0 Å². The van der Waals surface area contributed by atoms with E-state index in [2.05, 4.69) is 21.2 Å². The molecule has 1 saturated carbocycles. The van der Waals surface area contributed by atoms with Gasteiger partial charge in [0.15, 0.2) is 0 Å². The van der Waals surface area contributed by atoms with Crippen molar-refractivity contribution in [3.63, 3.8) is 0 Å². The summed E-state index contributed by atoms with van der Waals surface area (Å²) in [6.07, 6.45) is 11.3. The first-order valence-electron chi connectivity index (χ1n) is 6.72. The second-order valence-corrected chi connectivity index (χ2v) is 5.14. The van der Waals surface area contributed by atoms with Crippen LogP contribution in [0.3, 0.4) is 0 Å². The predicted molar refractivity (Wildman–Crippen MR) is 64.3 cm³/mol. The SMILES string of the molecule is c1cc([C@H]2CCCCN2)n(C2CCCC2)n1. The van der Waals surface area contributed by atoms with Gasteiger partial charge in [0.2, 0.25) is 0 Å². The molecule has 1 aliphatic carbocycles. The van der Waals surface area contributed by atoms with Gasteiger partial charge in [-0.15, -0.1) is 0 Å². The summed E-state index contributed by atoms with van der Waals surface area (Å²) in [6, 6.07) is 3.44. The molecule has 2 heterocycles. The van der Waals surface area contributed by atoms with Crippen molar-refractivity contribution >= 4 is 0 Å². The van der Waals surface area contributed by atoms with Crippen molar-refractivity contribution in [3.05, 3.63) is 18.0 Å². The number of nitrogens with zero attached hydrogens (tertiary/aromatic N) is 2. The average Bonchev–Trinajstić information content (AvgIpc) is 3.01. The van der Waals surface area contributed by atoms with E-state index in [4.69, 9.17) is 0 Å². The first-order chi connectivity index (χ1) is 7.95. The smallest absolute Gasteiger partial charge is 0.0556 e. The van der Waals surface area contributed by atoms with Crippen molar-refractivity contribution in [2.45, 2.75) is 57.0 Å². The van der Waals surface area contributed by atoms with Gasteiger partial charge in [-0.2, -0.15) is 5.10 Å². The van der Waals surface area contributed by atoms with Gasteiger partial charge in [-0.05, 0) is 38.3 Å². The highest BCUT2D eigenvalue weighted by Crippen LogP contribution is 2.32. The molecule has 1 atom stereocenters. The molecule has 88 valence electrons. The summed E-state index contributed by atoms with van der Waals surface area (Å²) in [5.41, 5.74) is 1.42. The second-order valence-electron chi connectivity index (χ2n) is 5.14. The molecule has 16 heavy (non-hydrogen) atoms. The van der Waals surface area contributed by atoms with Crippen LogP contribution in [0, 0.1) is 0 Å². The molecule has 2 fully saturated rings. The van der Waals surface area contributed by atoms with Crippen LogP contribution in [0.5, 0.6) is 0 Å². The topological polar surface area (TPSA) is 29.9 Å². The molecule has 3 rings (SSSR count). The Bertz CT molecular complexity index is 333. The molecule has 0 amide bonds. The van der Waals surface area contributed by atoms with E-state index in [0.717, 1.165) is 0 Å². The summed E-state index contributed by atoms with van der Waals surface area (Å²) in [4.78, 5) is 0. The standard InChI is InChI=1S/C13H21N3/c1-2-6-11(5-1)16-13(8-10-15-16)12-7-3-4-9-14-12/h8,10-12,14H,1-7,9H2/t12-/m1/s1. The van der Waals surface area contributed by atoms with Crippen LogP contribution in [0.1, 0.15) is 62.7 Å². The van der Waals surface area contributed by atoms with Crippen molar-refractivity contribution in [3.8, 4) is 0 Å². The lowest BCUT2D eigenvalue weighted by Gasteiger charge is -2.26. The number of nitrogens with one attached hydrogen (secondary N) is 1. The summed E-state index contributed by atoms with van der Waals surface area (Å²) >= 11 is 0. The Morgan fingerprint density at radius 2 is 1.94 bits per heavy atom. The van der Waals surface area contributed by atoms with Crippen LogP contribution in [0.2, 0.25) is 0 Å². The van der Waals surface area contributed by atoms with Gasteiger partial charge < -0.3 is 5.32 Å². The molecule has 0 bridgehead atoms. The zero-order chi connectivity index (χ0) is 10.8. The van der Waals surface area contributed by atoms with Crippen molar-refractivity contribution in [1.29, 1.82) is 0 Å². The molecule has 3 nitrogen and oxygen atoms in total. The summed E-state index contributed by atoms with van der Waals surface area (Å²) in [5, 5.41) is 8.17. The summed E-state index contributed by atoms with van der Waals surface area (Å²) in [7, 11) is 0. The summed E-state index contributed by atoms with van der Waals surface area (Å²) in [5.74, 6) is 0. The van der Waals surface area contributed by atoms with E-state index in [0.29, 0.717) is 12.1 Å². The lowest BCUT2D eigenvalue weighted by molar-refractivity contribution is 0.363. The van der Waals surface area contributed by atoms with Crippen molar-refractivity contribution in [1.82, 2.24) is 15.1 Å². The van der Waals surface area contributed by atoms with Crippen LogP contribution in [-0.2, 0) is 0 Å². The Kier molecular flexibility index (Phi) is 2.96. The van der Waals surface area contributed by atoms with Crippen LogP contribution < -0.4 is 5.32 Å². The number of hydrogen-bond donors (Lipinski definition) is 1. The third kappa shape index (κ3) is 1.88. The van der Waals surface area contributed by atoms with Crippen molar-refractivity contribution < 1.29 is 0 Å². The summed E-state index contributed by atoms with van der Waals surface area (Å²) < 4.78 is 2.30. The minimum atomic E-state index is 0.553. The van der Waals surface area contributed by atoms with Gasteiger partial charge in [0.1, 0.15) is 0 Å². The van der Waals surface area contributed by atoms with Gasteiger partial charge in [-0.25, -0.2) is 0 Å². The fraction of sp³-hybridized carbons (Fsp3) is 0.769. The van der Waals surface area contributed by atoms with Gasteiger partial charge in [-0.1, -0.05) is 19.3 Å². The van der Waals surface area contributed by atoms with Crippen LogP contribution in [0.4, 0.5) is 0 Å². The molecule has 0 radical (unpaired) electrons. The Morgan fingerprint density at radius 3 is 2.69 bits per heavy atom. The van der Waals surface area contributed by atoms with Crippen LogP contribution in [-0.4, -0.2) is 16.3 Å². The third-order valence-electron chi connectivity index (χ3n) is 4.04. The second kappa shape index (κ2) is 4.58. The van der Waals surface area contributed by atoms with Crippen LogP contribution >= 0.6 is 0 Å². The molecule has 1 aromatic rings. The lowest BCUT2D eigenvalue weighted by Crippen LogP contribution is -2.29. The minimum Gasteiger partial charge on any atom is -0.309 e. The molecule has 1 aromatic heterocycles. The Morgan fingerprint density at radius 1 is 1.12 bits per heavy atom. The number of hydrogen-bond acceptors (Lipinski definition) is 2. The molecule has 2 aliphatic rings. The quantitative estimate of drug-likeness (QED) is 0.829. The number of rotatable bonds is 2. The first-order valence-corrected chi connectivity index (χ1v) is 6.72. The highest BCUT2D eigenvalue weighted by molar-refractivity contribution is 5.09. The fourth-order valence-corrected chi connectivity index (χ4v) is 3.16. The maximum absolute atomic E-state index is 4.55. The number of aromatic nitrogens is 2. The van der Waals surface area contributed by atoms with Gasteiger partial charge in [-0.3, -0.25) is 4.68 Å². The maximum Gasteiger partial charge on any atom is 0.0556 e. The molecule has 3 heteroatoms. The zero-order valence-electron chi connectivity index (χ0n) is 9.86. The van der Waals surface area contributed by atoms with E-state index >= 15 is 0 Å². The molecule has 0 aromatic carbocycles. The molecule has 1 saturated heterocycles. The largest absolute Gasteiger partial charge is 0.309 e. The normalized spacial score (nSPS) is 27.4. The highest BCUT2D eigenvalue weighted by atomic mass is 15.3. The maximum atomic E-state index is 4.55. The molecule has 1 aliphatic heterocycles. The number of piperidine rings is 1. The molecular weight excluding hydrogens is 198 g/mol. The van der Waals surface area contributed by atoms with Gasteiger partial charge in [0.25, 0.3) is 0 Å². The van der Waals surface area contributed by atoms with E-state index in [1.165, 1.54) is 57.2 Å². The van der Waals surface area contributed by atoms with Crippen LogP contribution in [0.25, 0.3) is 0 Å². The molecule has 0 spiro atoms. The van der Waals surface area contributed by atoms with Crippen molar-refractivity contribution in [2.75, 3.05) is 6.54 Å². The highest BCUT2D eigenvalue weighted by Gasteiger charge is 2.24. The van der Waals surface area contributed by atoms with Gasteiger partial charge >= 0.3 is 0 Å². The average molecular weight is 219 g/mol. The Labute approximate surface area is 97.2 Å². The van der Waals surface area contributed by atoms with E-state index in [-0.39, 0.29) is 0 Å². The Balaban J connectivity index is 1.80. The van der Waals surface area contributed by atoms with Gasteiger partial charge in [0.05, 0.1) is 11.7 Å². The molecular formula is C13H21N3.